The molecule has 2 aromatic heterocycles. The standard InChI is InChI=1S/C27H20Cl2N2O3/c1-2-33-20-12-13-22-21(14-20)24(26(29)31(22)16-17-8-10-19(28)11-9-17)25(32)27-30-15-23(34-27)18-6-4-3-5-7-18/h3-15H,2,16H2,1H3. The number of nitrogens with zero attached hydrogens (tertiary/aromatic N) is 2. The molecule has 5 nitrogen and oxygen atoms in total. The van der Waals surface area contributed by atoms with Crippen LogP contribution in [0.2, 0.25) is 10.2 Å². The molecule has 5 rings (SSSR count). The lowest BCUT2D eigenvalue weighted by molar-refractivity contribution is 0.100. The van der Waals surface area contributed by atoms with Crippen LogP contribution in [0.4, 0.5) is 0 Å². The van der Waals surface area contributed by atoms with E-state index in [-0.39, 0.29) is 11.7 Å². The average Bonchev–Trinajstić information content (AvgIpc) is 3.45. The summed E-state index contributed by atoms with van der Waals surface area (Å²) in [7, 11) is 0. The number of aromatic nitrogens is 2. The van der Waals surface area contributed by atoms with Crippen LogP contribution in [0.5, 0.6) is 5.75 Å². The molecule has 5 aromatic rings. The zero-order valence-electron chi connectivity index (χ0n) is 18.3. The molecule has 7 heteroatoms. The first-order valence-corrected chi connectivity index (χ1v) is 11.6. The molecule has 170 valence electrons. The zero-order chi connectivity index (χ0) is 23.7. The highest BCUT2D eigenvalue weighted by molar-refractivity contribution is 6.36. The summed E-state index contributed by atoms with van der Waals surface area (Å²) in [5.74, 6) is 0.760. The summed E-state index contributed by atoms with van der Waals surface area (Å²) in [4.78, 5) is 17.8. The minimum absolute atomic E-state index is 0.0203. The van der Waals surface area contributed by atoms with Crippen molar-refractivity contribution in [3.8, 4) is 17.1 Å². The number of halogens is 2. The Labute approximate surface area is 206 Å². The van der Waals surface area contributed by atoms with E-state index in [9.17, 15) is 4.79 Å². The Morgan fingerprint density at radius 3 is 2.53 bits per heavy atom. The normalized spacial score (nSPS) is 11.1. The van der Waals surface area contributed by atoms with Crippen molar-refractivity contribution < 1.29 is 13.9 Å². The van der Waals surface area contributed by atoms with E-state index >= 15 is 0 Å². The molecule has 2 heterocycles. The summed E-state index contributed by atoms with van der Waals surface area (Å²) in [5.41, 5.74) is 2.97. The van der Waals surface area contributed by atoms with E-state index in [0.717, 1.165) is 16.6 Å². The van der Waals surface area contributed by atoms with E-state index in [1.165, 1.54) is 0 Å². The van der Waals surface area contributed by atoms with Gasteiger partial charge in [-0.15, -0.1) is 0 Å². The number of hydrogen-bond donors (Lipinski definition) is 0. The summed E-state index contributed by atoms with van der Waals surface area (Å²) in [5, 5.41) is 1.64. The van der Waals surface area contributed by atoms with Gasteiger partial charge in [-0.25, -0.2) is 4.98 Å². The lowest BCUT2D eigenvalue weighted by Gasteiger charge is -2.08. The van der Waals surface area contributed by atoms with Crippen LogP contribution < -0.4 is 4.74 Å². The van der Waals surface area contributed by atoms with Crippen molar-refractivity contribution in [2.24, 2.45) is 0 Å². The molecule has 0 aliphatic carbocycles. The topological polar surface area (TPSA) is 57.3 Å². The smallest absolute Gasteiger partial charge is 0.268 e. The van der Waals surface area contributed by atoms with Gasteiger partial charge in [-0.3, -0.25) is 4.79 Å². The molecule has 0 atom stereocenters. The van der Waals surface area contributed by atoms with Gasteiger partial charge < -0.3 is 13.7 Å². The maximum absolute atomic E-state index is 13.6. The van der Waals surface area contributed by atoms with Gasteiger partial charge in [0.15, 0.2) is 5.76 Å². The fourth-order valence-corrected chi connectivity index (χ4v) is 4.39. The molecule has 0 aliphatic rings. The van der Waals surface area contributed by atoms with Crippen LogP contribution in [0.1, 0.15) is 28.7 Å². The number of rotatable bonds is 7. The van der Waals surface area contributed by atoms with Crippen LogP contribution in [0.3, 0.4) is 0 Å². The fraction of sp³-hybridized carbons (Fsp3) is 0.111. The molecule has 0 amide bonds. The molecule has 0 saturated heterocycles. The summed E-state index contributed by atoms with van der Waals surface area (Å²) in [6, 6.07) is 22.6. The van der Waals surface area contributed by atoms with Crippen LogP contribution in [-0.4, -0.2) is 21.9 Å². The number of carbonyl (C=O) groups excluding carboxylic acids is 1. The lowest BCUT2D eigenvalue weighted by atomic mass is 10.1. The van der Waals surface area contributed by atoms with Crippen LogP contribution in [-0.2, 0) is 6.54 Å². The molecule has 34 heavy (non-hydrogen) atoms. The molecule has 0 aliphatic heterocycles. The summed E-state index contributed by atoms with van der Waals surface area (Å²) < 4.78 is 13.4. The molecular weight excluding hydrogens is 471 g/mol. The van der Waals surface area contributed by atoms with E-state index in [2.05, 4.69) is 4.98 Å². The maximum Gasteiger partial charge on any atom is 0.268 e. The summed E-state index contributed by atoms with van der Waals surface area (Å²) in [6.07, 6.45) is 1.55. The molecule has 0 spiro atoms. The van der Waals surface area contributed by atoms with Crippen molar-refractivity contribution in [1.82, 2.24) is 9.55 Å². The van der Waals surface area contributed by atoms with Gasteiger partial charge >= 0.3 is 0 Å². The predicted molar refractivity (Wildman–Crippen MR) is 134 cm³/mol. The van der Waals surface area contributed by atoms with Crippen LogP contribution in [0, 0.1) is 0 Å². The fourth-order valence-electron chi connectivity index (χ4n) is 3.92. The second-order valence-corrected chi connectivity index (χ2v) is 8.51. The highest BCUT2D eigenvalue weighted by Gasteiger charge is 2.26. The Morgan fingerprint density at radius 1 is 1.03 bits per heavy atom. The minimum atomic E-state index is -0.388. The molecule has 0 fully saturated rings. The van der Waals surface area contributed by atoms with E-state index in [4.69, 9.17) is 32.4 Å². The average molecular weight is 491 g/mol. The zero-order valence-corrected chi connectivity index (χ0v) is 19.8. The summed E-state index contributed by atoms with van der Waals surface area (Å²) in [6.45, 7) is 2.88. The van der Waals surface area contributed by atoms with Crippen molar-refractivity contribution in [2.45, 2.75) is 13.5 Å². The van der Waals surface area contributed by atoms with Gasteiger partial charge in [-0.05, 0) is 42.8 Å². The largest absolute Gasteiger partial charge is 0.494 e. The van der Waals surface area contributed by atoms with Crippen molar-refractivity contribution in [1.29, 1.82) is 0 Å². The summed E-state index contributed by atoms with van der Waals surface area (Å²) >= 11 is 12.9. The van der Waals surface area contributed by atoms with E-state index in [1.807, 2.05) is 84.3 Å². The third-order valence-corrected chi connectivity index (χ3v) is 6.17. The first kappa shape index (κ1) is 22.3. The van der Waals surface area contributed by atoms with Crippen LogP contribution in [0.15, 0.2) is 83.4 Å². The van der Waals surface area contributed by atoms with Gasteiger partial charge in [0.2, 0.25) is 0 Å². The predicted octanol–water partition coefficient (Wildman–Crippen LogP) is 7.28. The van der Waals surface area contributed by atoms with Crippen LogP contribution >= 0.6 is 23.2 Å². The van der Waals surface area contributed by atoms with Crippen molar-refractivity contribution in [3.05, 3.63) is 106 Å². The number of hydrogen-bond acceptors (Lipinski definition) is 4. The third-order valence-electron chi connectivity index (χ3n) is 5.52. The Balaban J connectivity index is 1.61. The number of carbonyl (C=O) groups is 1. The Kier molecular flexibility index (Phi) is 6.14. The van der Waals surface area contributed by atoms with Gasteiger partial charge in [-0.2, -0.15) is 0 Å². The van der Waals surface area contributed by atoms with Gasteiger partial charge in [-0.1, -0.05) is 65.7 Å². The van der Waals surface area contributed by atoms with Crippen molar-refractivity contribution >= 4 is 39.9 Å². The van der Waals surface area contributed by atoms with Gasteiger partial charge in [0.05, 0.1) is 23.9 Å². The molecular formula is C27H20Cl2N2O3. The van der Waals surface area contributed by atoms with Crippen molar-refractivity contribution in [3.63, 3.8) is 0 Å². The third kappa shape index (κ3) is 4.20. The Morgan fingerprint density at radius 2 is 1.79 bits per heavy atom. The molecule has 3 aromatic carbocycles. The molecule has 0 saturated carbocycles. The molecule has 0 radical (unpaired) electrons. The minimum Gasteiger partial charge on any atom is -0.494 e. The van der Waals surface area contributed by atoms with Gasteiger partial charge in [0, 0.05) is 22.5 Å². The number of ketones is 1. The SMILES string of the molecule is CCOc1ccc2c(c1)c(C(=O)c1ncc(-c3ccccc3)o1)c(Cl)n2Cc1ccc(Cl)cc1. The van der Waals surface area contributed by atoms with E-state index < -0.39 is 0 Å². The van der Waals surface area contributed by atoms with Crippen LogP contribution in [0.25, 0.3) is 22.2 Å². The van der Waals surface area contributed by atoms with E-state index in [1.54, 1.807) is 6.20 Å². The lowest BCUT2D eigenvalue weighted by Crippen LogP contribution is -2.04. The Bertz CT molecular complexity index is 1470. The second-order valence-electron chi connectivity index (χ2n) is 7.72. The maximum atomic E-state index is 13.6. The van der Waals surface area contributed by atoms with Gasteiger partial charge in [0.1, 0.15) is 10.9 Å². The highest BCUT2D eigenvalue weighted by atomic mass is 35.5. The number of fused-ring (bicyclic) bond motifs is 1. The number of oxazole rings is 1. The molecule has 0 unspecified atom stereocenters. The first-order chi connectivity index (χ1) is 16.5. The molecule has 0 bridgehead atoms. The second kappa shape index (κ2) is 9.37. The van der Waals surface area contributed by atoms with Crippen molar-refractivity contribution in [2.75, 3.05) is 6.61 Å². The number of benzene rings is 3. The quantitative estimate of drug-likeness (QED) is 0.225. The highest BCUT2D eigenvalue weighted by Crippen LogP contribution is 2.35. The monoisotopic (exact) mass is 490 g/mol. The first-order valence-electron chi connectivity index (χ1n) is 10.8. The van der Waals surface area contributed by atoms with E-state index in [0.29, 0.717) is 45.8 Å². The number of ether oxygens (including phenoxy) is 1. The molecule has 0 N–H and O–H groups in total. The van der Waals surface area contributed by atoms with Gasteiger partial charge in [0.25, 0.3) is 11.7 Å². The Hall–Kier alpha value is -3.54.